The van der Waals surface area contributed by atoms with Gasteiger partial charge in [-0.15, -0.1) is 0 Å². The van der Waals surface area contributed by atoms with Crippen molar-refractivity contribution in [3.05, 3.63) is 83.4 Å². The molecule has 3 aromatic carbocycles. The Morgan fingerprint density at radius 2 is 1.41 bits per heavy atom. The molecule has 0 aliphatic heterocycles. The fraction of sp³-hybridized carbons (Fsp3) is 0.200. The molecule has 0 aliphatic carbocycles. The van der Waals surface area contributed by atoms with E-state index >= 15 is 0 Å². The molecule has 0 saturated heterocycles. The number of nitrogens with one attached hydrogen (secondary N) is 2. The maximum absolute atomic E-state index is 12.8. The summed E-state index contributed by atoms with van der Waals surface area (Å²) < 4.78 is 15.9. The molecule has 0 aliphatic rings. The first-order chi connectivity index (χ1) is 15.5. The predicted octanol–water partition coefficient (Wildman–Crippen LogP) is 4.46. The highest BCUT2D eigenvalue weighted by Gasteiger charge is 2.18. The molecule has 7 nitrogen and oxygen atoms in total. The van der Waals surface area contributed by atoms with E-state index < -0.39 is 0 Å². The molecule has 0 radical (unpaired) electrons. The number of rotatable bonds is 8. The summed E-state index contributed by atoms with van der Waals surface area (Å²) in [6.07, 6.45) is 0. The van der Waals surface area contributed by atoms with E-state index in [1.165, 1.54) is 21.3 Å². The summed E-state index contributed by atoms with van der Waals surface area (Å²) in [5, 5.41) is 5.78. The standard InChI is InChI=1S/C25H26N2O5/c1-16(17-9-6-5-7-10-17)26-24(28)18-11-8-12-20(13-18)27-25(29)19-14-21(30-2)23(32-4)22(15-19)31-3/h5-16H,1-4H3,(H,26,28)(H,27,29). The van der Waals surface area contributed by atoms with E-state index in [1.54, 1.807) is 36.4 Å². The third-order valence-corrected chi connectivity index (χ3v) is 4.96. The average Bonchev–Trinajstić information content (AvgIpc) is 2.83. The zero-order valence-corrected chi connectivity index (χ0v) is 18.5. The van der Waals surface area contributed by atoms with Gasteiger partial charge in [-0.2, -0.15) is 0 Å². The minimum atomic E-state index is -0.375. The molecular weight excluding hydrogens is 408 g/mol. The molecule has 0 bridgehead atoms. The molecule has 7 heteroatoms. The van der Waals surface area contributed by atoms with Gasteiger partial charge in [-0.05, 0) is 42.8 Å². The Kier molecular flexibility index (Phi) is 7.33. The topological polar surface area (TPSA) is 85.9 Å². The maximum atomic E-state index is 12.8. The Morgan fingerprint density at radius 1 is 0.750 bits per heavy atom. The molecule has 0 aromatic heterocycles. The van der Waals surface area contributed by atoms with Crippen LogP contribution in [0.4, 0.5) is 5.69 Å². The molecule has 3 aromatic rings. The van der Waals surface area contributed by atoms with Crippen molar-refractivity contribution in [2.45, 2.75) is 13.0 Å². The molecule has 0 saturated carbocycles. The van der Waals surface area contributed by atoms with Crippen LogP contribution in [0.5, 0.6) is 17.2 Å². The predicted molar refractivity (Wildman–Crippen MR) is 123 cm³/mol. The zero-order valence-electron chi connectivity index (χ0n) is 18.5. The van der Waals surface area contributed by atoms with Gasteiger partial charge in [0, 0.05) is 16.8 Å². The molecule has 0 fully saturated rings. The van der Waals surface area contributed by atoms with E-state index in [9.17, 15) is 9.59 Å². The third kappa shape index (κ3) is 5.18. The number of methoxy groups -OCH3 is 3. The van der Waals surface area contributed by atoms with Crippen molar-refractivity contribution in [3.8, 4) is 17.2 Å². The molecule has 1 unspecified atom stereocenters. The van der Waals surface area contributed by atoms with Crippen LogP contribution in [0.15, 0.2) is 66.7 Å². The van der Waals surface area contributed by atoms with Gasteiger partial charge in [0.2, 0.25) is 5.75 Å². The quantitative estimate of drug-likeness (QED) is 0.547. The summed E-state index contributed by atoms with van der Waals surface area (Å²) in [6.45, 7) is 1.92. The molecule has 1 atom stereocenters. The first kappa shape index (κ1) is 22.7. The van der Waals surface area contributed by atoms with Gasteiger partial charge < -0.3 is 24.8 Å². The van der Waals surface area contributed by atoms with E-state index in [1.807, 2.05) is 37.3 Å². The fourth-order valence-corrected chi connectivity index (χ4v) is 3.26. The van der Waals surface area contributed by atoms with Crippen LogP contribution in [-0.4, -0.2) is 33.1 Å². The average molecular weight is 434 g/mol. The molecule has 0 heterocycles. The van der Waals surface area contributed by atoms with Gasteiger partial charge in [0.05, 0.1) is 27.4 Å². The monoisotopic (exact) mass is 434 g/mol. The fourth-order valence-electron chi connectivity index (χ4n) is 3.26. The van der Waals surface area contributed by atoms with E-state index in [4.69, 9.17) is 14.2 Å². The second-order valence-corrected chi connectivity index (χ2v) is 7.05. The van der Waals surface area contributed by atoms with Gasteiger partial charge in [0.1, 0.15) is 0 Å². The molecule has 2 amide bonds. The smallest absolute Gasteiger partial charge is 0.255 e. The SMILES string of the molecule is COc1cc(C(=O)Nc2cccc(C(=O)NC(C)c3ccccc3)c2)cc(OC)c1OC. The van der Waals surface area contributed by atoms with Crippen LogP contribution in [0.1, 0.15) is 39.2 Å². The van der Waals surface area contributed by atoms with Crippen LogP contribution in [0.25, 0.3) is 0 Å². The van der Waals surface area contributed by atoms with Crippen molar-refractivity contribution in [1.82, 2.24) is 5.32 Å². The number of carbonyl (C=O) groups excluding carboxylic acids is 2. The number of ether oxygens (including phenoxy) is 3. The number of hydrogen-bond acceptors (Lipinski definition) is 5. The lowest BCUT2D eigenvalue weighted by Crippen LogP contribution is -2.26. The highest BCUT2D eigenvalue weighted by molar-refractivity contribution is 6.06. The number of carbonyl (C=O) groups is 2. The number of amides is 2. The van der Waals surface area contributed by atoms with Gasteiger partial charge in [-0.3, -0.25) is 9.59 Å². The summed E-state index contributed by atoms with van der Waals surface area (Å²) in [5.41, 5.74) is 2.26. The molecular formula is C25H26N2O5. The molecule has 32 heavy (non-hydrogen) atoms. The van der Waals surface area contributed by atoms with E-state index in [-0.39, 0.29) is 17.9 Å². The van der Waals surface area contributed by atoms with Crippen LogP contribution in [0.3, 0.4) is 0 Å². The van der Waals surface area contributed by atoms with Gasteiger partial charge in [-0.1, -0.05) is 36.4 Å². The Morgan fingerprint density at radius 3 is 2.00 bits per heavy atom. The van der Waals surface area contributed by atoms with E-state index in [2.05, 4.69) is 10.6 Å². The second kappa shape index (κ2) is 10.3. The van der Waals surface area contributed by atoms with Crippen molar-refractivity contribution >= 4 is 17.5 Å². The largest absolute Gasteiger partial charge is 0.493 e. The van der Waals surface area contributed by atoms with Crippen LogP contribution in [0, 0.1) is 0 Å². The van der Waals surface area contributed by atoms with Crippen LogP contribution in [0.2, 0.25) is 0 Å². The molecule has 0 spiro atoms. The van der Waals surface area contributed by atoms with Gasteiger partial charge in [0.15, 0.2) is 11.5 Å². The Bertz CT molecular complexity index is 1070. The first-order valence-corrected chi connectivity index (χ1v) is 10.0. The third-order valence-electron chi connectivity index (χ3n) is 4.96. The Labute approximate surface area is 187 Å². The minimum Gasteiger partial charge on any atom is -0.493 e. The van der Waals surface area contributed by atoms with Crippen LogP contribution >= 0.6 is 0 Å². The normalized spacial score (nSPS) is 11.2. The summed E-state index contributed by atoms with van der Waals surface area (Å²) in [6, 6.07) is 19.4. The Balaban J connectivity index is 1.76. The summed E-state index contributed by atoms with van der Waals surface area (Å²) in [5.74, 6) is 0.544. The minimum absolute atomic E-state index is 0.152. The van der Waals surface area contributed by atoms with E-state index in [0.717, 1.165) is 5.56 Å². The van der Waals surface area contributed by atoms with E-state index in [0.29, 0.717) is 34.1 Å². The molecule has 166 valence electrons. The van der Waals surface area contributed by atoms with Crippen molar-refractivity contribution in [2.24, 2.45) is 0 Å². The highest BCUT2D eigenvalue weighted by atomic mass is 16.5. The van der Waals surface area contributed by atoms with Crippen molar-refractivity contribution in [2.75, 3.05) is 26.6 Å². The highest BCUT2D eigenvalue weighted by Crippen LogP contribution is 2.38. The zero-order chi connectivity index (χ0) is 23.1. The van der Waals surface area contributed by atoms with Gasteiger partial charge in [0.25, 0.3) is 11.8 Å². The Hall–Kier alpha value is -4.00. The van der Waals surface area contributed by atoms with Crippen LogP contribution < -0.4 is 24.8 Å². The number of benzene rings is 3. The number of anilines is 1. The molecule has 3 rings (SSSR count). The first-order valence-electron chi connectivity index (χ1n) is 10.0. The van der Waals surface area contributed by atoms with Gasteiger partial charge >= 0.3 is 0 Å². The van der Waals surface area contributed by atoms with Crippen molar-refractivity contribution in [3.63, 3.8) is 0 Å². The lowest BCUT2D eigenvalue weighted by molar-refractivity contribution is 0.0938. The lowest BCUT2D eigenvalue weighted by Gasteiger charge is -2.15. The van der Waals surface area contributed by atoms with Crippen molar-refractivity contribution < 1.29 is 23.8 Å². The van der Waals surface area contributed by atoms with Gasteiger partial charge in [-0.25, -0.2) is 0 Å². The number of hydrogen-bond donors (Lipinski definition) is 2. The lowest BCUT2D eigenvalue weighted by atomic mass is 10.1. The summed E-state index contributed by atoms with van der Waals surface area (Å²) in [4.78, 5) is 25.5. The summed E-state index contributed by atoms with van der Waals surface area (Å²) in [7, 11) is 4.46. The van der Waals surface area contributed by atoms with Crippen molar-refractivity contribution in [1.29, 1.82) is 0 Å². The van der Waals surface area contributed by atoms with Crippen LogP contribution in [-0.2, 0) is 0 Å². The second-order valence-electron chi connectivity index (χ2n) is 7.05. The molecule has 2 N–H and O–H groups in total. The summed E-state index contributed by atoms with van der Waals surface area (Å²) >= 11 is 0. The maximum Gasteiger partial charge on any atom is 0.255 e.